The van der Waals surface area contributed by atoms with E-state index in [1.807, 2.05) is 18.3 Å². The molecule has 172 valence electrons. The minimum Gasteiger partial charge on any atom is -0.372 e. The molecule has 0 bridgehead atoms. The highest BCUT2D eigenvalue weighted by Crippen LogP contribution is 2.22. The fraction of sp³-hybridized carbons (Fsp3) is 0.400. The number of nitrogens with one attached hydrogen (secondary N) is 1. The van der Waals surface area contributed by atoms with Crippen molar-refractivity contribution in [1.82, 2.24) is 19.9 Å². The number of aromatic amines is 1. The number of halogens is 1. The van der Waals surface area contributed by atoms with Crippen LogP contribution in [-0.4, -0.2) is 51.7 Å². The van der Waals surface area contributed by atoms with Crippen LogP contribution in [0.15, 0.2) is 47.4 Å². The van der Waals surface area contributed by atoms with Crippen molar-refractivity contribution >= 4 is 17.4 Å². The highest BCUT2D eigenvalue weighted by Gasteiger charge is 2.24. The lowest BCUT2D eigenvalue weighted by atomic mass is 10.1. The smallest absolute Gasteiger partial charge is 0.255 e. The normalized spacial score (nSPS) is 21.1. The average molecular weight is 466 g/mol. The van der Waals surface area contributed by atoms with Crippen LogP contribution in [0.25, 0.3) is 11.4 Å². The minimum absolute atomic E-state index is 0.0707. The fourth-order valence-corrected chi connectivity index (χ4v) is 4.81. The van der Waals surface area contributed by atoms with E-state index in [1.54, 1.807) is 12.1 Å². The molecule has 0 radical (unpaired) electrons. The van der Waals surface area contributed by atoms with E-state index >= 15 is 0 Å². The maximum Gasteiger partial charge on any atom is 0.255 e. The Balaban J connectivity index is 1.27. The first kappa shape index (κ1) is 22.1. The molecule has 0 aliphatic carbocycles. The number of nitrogens with zero attached hydrogens (tertiary/aromatic N) is 4. The van der Waals surface area contributed by atoms with Crippen molar-refractivity contribution in [1.29, 1.82) is 0 Å². The number of anilines is 1. The molecule has 2 aliphatic heterocycles. The molecule has 2 atom stereocenters. The van der Waals surface area contributed by atoms with E-state index in [0.717, 1.165) is 60.8 Å². The third-order valence-corrected chi connectivity index (χ3v) is 6.48. The van der Waals surface area contributed by atoms with Gasteiger partial charge in [-0.2, -0.15) is 0 Å². The first-order valence-electron chi connectivity index (χ1n) is 11.4. The summed E-state index contributed by atoms with van der Waals surface area (Å²) in [5, 5.41) is 0.659. The Morgan fingerprint density at radius 3 is 2.58 bits per heavy atom. The summed E-state index contributed by atoms with van der Waals surface area (Å²) >= 11 is 5.98. The van der Waals surface area contributed by atoms with Gasteiger partial charge in [-0.3, -0.25) is 9.69 Å². The predicted molar refractivity (Wildman–Crippen MR) is 130 cm³/mol. The second-order valence-corrected chi connectivity index (χ2v) is 9.43. The molecule has 2 aliphatic rings. The molecular weight excluding hydrogens is 438 g/mol. The molecule has 7 nitrogen and oxygen atoms in total. The number of fused-ring (bicyclic) bond motifs is 1. The summed E-state index contributed by atoms with van der Waals surface area (Å²) in [6, 6.07) is 11.6. The zero-order valence-electron chi connectivity index (χ0n) is 18.9. The summed E-state index contributed by atoms with van der Waals surface area (Å²) in [6.07, 6.45) is 3.10. The Hall–Kier alpha value is -2.74. The maximum absolute atomic E-state index is 12.8. The van der Waals surface area contributed by atoms with Gasteiger partial charge in [0.25, 0.3) is 5.56 Å². The van der Waals surface area contributed by atoms with E-state index in [0.29, 0.717) is 17.4 Å². The molecule has 1 fully saturated rings. The molecule has 2 aromatic heterocycles. The van der Waals surface area contributed by atoms with Gasteiger partial charge in [-0.1, -0.05) is 17.7 Å². The van der Waals surface area contributed by atoms with Gasteiger partial charge in [0.2, 0.25) is 0 Å². The van der Waals surface area contributed by atoms with Crippen LogP contribution in [0, 0.1) is 0 Å². The third-order valence-electron chi connectivity index (χ3n) is 6.22. The third kappa shape index (κ3) is 4.95. The zero-order valence-corrected chi connectivity index (χ0v) is 19.7. The van der Waals surface area contributed by atoms with E-state index in [-0.39, 0.29) is 17.8 Å². The molecule has 33 heavy (non-hydrogen) atoms. The number of morpholine rings is 1. The molecular formula is C25H28ClN5O2. The van der Waals surface area contributed by atoms with Gasteiger partial charge in [0.1, 0.15) is 11.6 Å². The van der Waals surface area contributed by atoms with Gasteiger partial charge < -0.3 is 14.6 Å². The number of aromatic nitrogens is 3. The van der Waals surface area contributed by atoms with Gasteiger partial charge in [-0.05, 0) is 49.7 Å². The van der Waals surface area contributed by atoms with Gasteiger partial charge in [-0.25, -0.2) is 9.97 Å². The van der Waals surface area contributed by atoms with Crippen LogP contribution >= 0.6 is 11.6 Å². The lowest BCUT2D eigenvalue weighted by Gasteiger charge is -2.36. The highest BCUT2D eigenvalue weighted by molar-refractivity contribution is 6.30. The fourth-order valence-electron chi connectivity index (χ4n) is 4.68. The van der Waals surface area contributed by atoms with Crippen LogP contribution in [0.2, 0.25) is 5.02 Å². The van der Waals surface area contributed by atoms with E-state index in [9.17, 15) is 4.79 Å². The van der Waals surface area contributed by atoms with Crippen molar-refractivity contribution in [3.05, 3.63) is 74.8 Å². The van der Waals surface area contributed by atoms with Crippen molar-refractivity contribution in [2.45, 2.75) is 45.6 Å². The number of ether oxygens (including phenoxy) is 1. The second kappa shape index (κ2) is 9.25. The van der Waals surface area contributed by atoms with Crippen molar-refractivity contribution in [2.24, 2.45) is 0 Å². The monoisotopic (exact) mass is 465 g/mol. The van der Waals surface area contributed by atoms with E-state index in [1.165, 1.54) is 0 Å². The number of H-pyrrole nitrogens is 1. The molecule has 5 rings (SSSR count). The van der Waals surface area contributed by atoms with E-state index in [2.05, 4.69) is 40.8 Å². The van der Waals surface area contributed by atoms with Crippen LogP contribution < -0.4 is 10.5 Å². The Morgan fingerprint density at radius 1 is 1.12 bits per heavy atom. The Bertz CT molecular complexity index is 1170. The second-order valence-electron chi connectivity index (χ2n) is 8.99. The first-order chi connectivity index (χ1) is 15.9. The molecule has 2 unspecified atom stereocenters. The van der Waals surface area contributed by atoms with Crippen LogP contribution in [0.4, 0.5) is 5.82 Å². The van der Waals surface area contributed by atoms with Gasteiger partial charge in [0.05, 0.1) is 23.5 Å². The largest absolute Gasteiger partial charge is 0.372 e. The Labute approximate surface area is 198 Å². The maximum atomic E-state index is 12.8. The summed E-state index contributed by atoms with van der Waals surface area (Å²) in [4.78, 5) is 29.8. The topological polar surface area (TPSA) is 74.4 Å². The molecule has 0 amide bonds. The van der Waals surface area contributed by atoms with Gasteiger partial charge >= 0.3 is 0 Å². The van der Waals surface area contributed by atoms with Crippen molar-refractivity contribution in [2.75, 3.05) is 24.5 Å². The number of rotatable bonds is 4. The summed E-state index contributed by atoms with van der Waals surface area (Å²) in [7, 11) is 0. The molecule has 1 aromatic carbocycles. The van der Waals surface area contributed by atoms with Gasteiger partial charge in [0, 0.05) is 55.9 Å². The SMILES string of the molecule is CC1CN(c2ccc(CN3CCc4nc(-c5ccc(Cl)cc5)[nH]c(=O)c4C3)cn2)CC(C)O1. The van der Waals surface area contributed by atoms with Gasteiger partial charge in [-0.15, -0.1) is 0 Å². The highest BCUT2D eigenvalue weighted by atomic mass is 35.5. The molecule has 8 heteroatoms. The van der Waals surface area contributed by atoms with Crippen molar-refractivity contribution < 1.29 is 4.74 Å². The number of pyridine rings is 1. The quantitative estimate of drug-likeness (QED) is 0.634. The van der Waals surface area contributed by atoms with Crippen molar-refractivity contribution in [3.8, 4) is 11.4 Å². The number of hydrogen-bond donors (Lipinski definition) is 1. The standard InChI is InChI=1S/C25H28ClN5O2/c1-16-12-31(13-17(2)33-16)23-8-3-18(11-27-23)14-30-10-9-22-21(15-30)25(32)29-24(28-22)19-4-6-20(26)7-5-19/h3-8,11,16-17H,9-10,12-15H2,1-2H3,(H,28,29,32). The molecule has 4 heterocycles. The summed E-state index contributed by atoms with van der Waals surface area (Å²) in [6.45, 7) is 8.09. The zero-order chi connectivity index (χ0) is 22.9. The lowest BCUT2D eigenvalue weighted by Crippen LogP contribution is -2.45. The number of hydrogen-bond acceptors (Lipinski definition) is 6. The van der Waals surface area contributed by atoms with Crippen LogP contribution in [0.3, 0.4) is 0 Å². The summed E-state index contributed by atoms with van der Waals surface area (Å²) in [5.74, 6) is 1.58. The molecule has 0 spiro atoms. The molecule has 1 N–H and O–H groups in total. The average Bonchev–Trinajstić information content (AvgIpc) is 2.80. The minimum atomic E-state index is -0.0707. The van der Waals surface area contributed by atoms with Gasteiger partial charge in [0.15, 0.2) is 0 Å². The van der Waals surface area contributed by atoms with Crippen LogP contribution in [0.1, 0.15) is 30.7 Å². The Morgan fingerprint density at radius 2 is 1.88 bits per heavy atom. The first-order valence-corrected chi connectivity index (χ1v) is 11.8. The van der Waals surface area contributed by atoms with Crippen LogP contribution in [-0.2, 0) is 24.2 Å². The van der Waals surface area contributed by atoms with Crippen molar-refractivity contribution in [3.63, 3.8) is 0 Å². The molecule has 3 aromatic rings. The summed E-state index contributed by atoms with van der Waals surface area (Å²) < 4.78 is 5.82. The Kier molecular flexibility index (Phi) is 6.19. The lowest BCUT2D eigenvalue weighted by molar-refractivity contribution is -0.00546. The number of benzene rings is 1. The van der Waals surface area contributed by atoms with E-state index in [4.69, 9.17) is 26.3 Å². The predicted octanol–water partition coefficient (Wildman–Crippen LogP) is 3.66. The van der Waals surface area contributed by atoms with Crippen LogP contribution in [0.5, 0.6) is 0 Å². The van der Waals surface area contributed by atoms with E-state index < -0.39 is 0 Å². The molecule has 1 saturated heterocycles. The summed E-state index contributed by atoms with van der Waals surface area (Å²) in [5.41, 5.74) is 3.55. The molecule has 0 saturated carbocycles.